The predicted octanol–water partition coefficient (Wildman–Crippen LogP) is 3.42. The van der Waals surface area contributed by atoms with E-state index in [9.17, 15) is 14.7 Å². The molecule has 1 atom stereocenters. The van der Waals surface area contributed by atoms with Crippen molar-refractivity contribution in [2.45, 2.75) is 25.0 Å². The van der Waals surface area contributed by atoms with E-state index < -0.39 is 23.1 Å². The Bertz CT molecular complexity index is 895. The molecule has 1 heterocycles. The summed E-state index contributed by atoms with van der Waals surface area (Å²) in [5.74, 6) is -1.31. The van der Waals surface area contributed by atoms with Crippen LogP contribution in [0.1, 0.15) is 25.0 Å². The van der Waals surface area contributed by atoms with Gasteiger partial charge in [0, 0.05) is 21.8 Å². The summed E-state index contributed by atoms with van der Waals surface area (Å²) in [5, 5.41) is 12.7. The second-order valence-electron chi connectivity index (χ2n) is 6.44. The predicted molar refractivity (Wildman–Crippen MR) is 96.7 cm³/mol. The van der Waals surface area contributed by atoms with E-state index in [-0.39, 0.29) is 0 Å². The van der Waals surface area contributed by atoms with Gasteiger partial charge in [0.2, 0.25) is 5.60 Å². The number of ether oxygens (including phenoxy) is 2. The Morgan fingerprint density at radius 3 is 2.54 bits per heavy atom. The standard InChI is InChI=1S/C19H18ClNO5/c1-18(2,17(23)24)26-19(12-6-4-5-7-15(12)25-3)13-10-11(20)8-9-14(13)21-16(19)22/h4-10H,1-3H3,(H,21,22)(H,23,24). The number of benzene rings is 2. The lowest BCUT2D eigenvalue weighted by Crippen LogP contribution is -2.48. The summed E-state index contributed by atoms with van der Waals surface area (Å²) in [7, 11) is 1.47. The molecule has 3 rings (SSSR count). The molecule has 6 nitrogen and oxygen atoms in total. The van der Waals surface area contributed by atoms with Crippen LogP contribution in [0.3, 0.4) is 0 Å². The van der Waals surface area contributed by atoms with Crippen molar-refractivity contribution in [1.29, 1.82) is 0 Å². The lowest BCUT2D eigenvalue weighted by atomic mass is 9.85. The molecule has 0 radical (unpaired) electrons. The quantitative estimate of drug-likeness (QED) is 0.836. The minimum atomic E-state index is -1.71. The fourth-order valence-corrected chi connectivity index (χ4v) is 3.21. The largest absolute Gasteiger partial charge is 0.496 e. The van der Waals surface area contributed by atoms with Gasteiger partial charge < -0.3 is 19.9 Å². The molecule has 136 valence electrons. The highest BCUT2D eigenvalue weighted by Crippen LogP contribution is 2.49. The van der Waals surface area contributed by atoms with Crippen LogP contribution in [0.25, 0.3) is 0 Å². The van der Waals surface area contributed by atoms with Crippen LogP contribution >= 0.6 is 11.6 Å². The average Bonchev–Trinajstić information content (AvgIpc) is 2.86. The van der Waals surface area contributed by atoms with Gasteiger partial charge in [-0.2, -0.15) is 0 Å². The zero-order valence-corrected chi connectivity index (χ0v) is 15.3. The number of aliphatic carboxylic acids is 1. The number of anilines is 1. The molecule has 1 aliphatic heterocycles. The van der Waals surface area contributed by atoms with E-state index in [0.717, 1.165) is 0 Å². The van der Waals surface area contributed by atoms with Crippen molar-refractivity contribution in [2.24, 2.45) is 0 Å². The maximum absolute atomic E-state index is 13.1. The van der Waals surface area contributed by atoms with Gasteiger partial charge in [0.05, 0.1) is 7.11 Å². The van der Waals surface area contributed by atoms with Crippen molar-refractivity contribution in [1.82, 2.24) is 0 Å². The van der Waals surface area contributed by atoms with Gasteiger partial charge in [-0.3, -0.25) is 4.79 Å². The summed E-state index contributed by atoms with van der Waals surface area (Å²) in [6.07, 6.45) is 0. The molecule has 2 N–H and O–H groups in total. The molecule has 2 aromatic rings. The van der Waals surface area contributed by atoms with Crippen molar-refractivity contribution in [3.63, 3.8) is 0 Å². The lowest BCUT2D eigenvalue weighted by molar-refractivity contribution is -0.181. The average molecular weight is 376 g/mol. The number of carboxylic acids is 1. The number of hydrogen-bond donors (Lipinski definition) is 2. The Balaban J connectivity index is 2.34. The first kappa shape index (κ1) is 18.2. The summed E-state index contributed by atoms with van der Waals surface area (Å²) < 4.78 is 11.4. The molecule has 2 aromatic carbocycles. The molecule has 0 bridgehead atoms. The van der Waals surface area contributed by atoms with E-state index in [1.54, 1.807) is 42.5 Å². The third-order valence-corrected chi connectivity index (χ3v) is 4.57. The van der Waals surface area contributed by atoms with Gasteiger partial charge >= 0.3 is 5.97 Å². The normalized spacial score (nSPS) is 19.0. The SMILES string of the molecule is COc1ccccc1C1(OC(C)(C)C(=O)O)C(=O)Nc2ccc(Cl)cc21. The van der Waals surface area contributed by atoms with Gasteiger partial charge in [0.1, 0.15) is 5.75 Å². The summed E-state index contributed by atoms with van der Waals surface area (Å²) >= 11 is 6.15. The number of nitrogens with one attached hydrogen (secondary N) is 1. The first-order valence-corrected chi connectivity index (χ1v) is 8.28. The minimum Gasteiger partial charge on any atom is -0.496 e. The second kappa shape index (κ2) is 6.30. The molecule has 7 heteroatoms. The van der Waals surface area contributed by atoms with Gasteiger partial charge in [0.25, 0.3) is 5.91 Å². The number of para-hydroxylation sites is 1. The number of carbonyl (C=O) groups excluding carboxylic acids is 1. The molecular formula is C19H18ClNO5. The number of rotatable bonds is 5. The van der Waals surface area contributed by atoms with Crippen LogP contribution in [-0.4, -0.2) is 29.7 Å². The van der Waals surface area contributed by atoms with E-state index in [1.165, 1.54) is 21.0 Å². The zero-order valence-electron chi connectivity index (χ0n) is 14.5. The Morgan fingerprint density at radius 2 is 1.88 bits per heavy atom. The molecule has 0 aliphatic carbocycles. The van der Waals surface area contributed by atoms with Gasteiger partial charge in [-0.1, -0.05) is 29.8 Å². The highest BCUT2D eigenvalue weighted by molar-refractivity contribution is 6.31. The van der Waals surface area contributed by atoms with Crippen LogP contribution in [0.4, 0.5) is 5.69 Å². The van der Waals surface area contributed by atoms with Crippen LogP contribution in [-0.2, 0) is 19.9 Å². The number of methoxy groups -OCH3 is 1. The van der Waals surface area contributed by atoms with Crippen LogP contribution in [0, 0.1) is 0 Å². The van der Waals surface area contributed by atoms with E-state index in [4.69, 9.17) is 21.1 Å². The number of fused-ring (bicyclic) bond motifs is 1. The Hall–Kier alpha value is -2.57. The number of halogens is 1. The van der Waals surface area contributed by atoms with Crippen LogP contribution < -0.4 is 10.1 Å². The molecule has 1 aliphatic rings. The second-order valence-corrected chi connectivity index (χ2v) is 6.88. The highest BCUT2D eigenvalue weighted by Gasteiger charge is 2.55. The van der Waals surface area contributed by atoms with E-state index in [1.807, 2.05) is 0 Å². The van der Waals surface area contributed by atoms with Gasteiger partial charge in [-0.05, 0) is 38.1 Å². The van der Waals surface area contributed by atoms with Crippen molar-refractivity contribution in [2.75, 3.05) is 12.4 Å². The Kier molecular flexibility index (Phi) is 4.42. The minimum absolute atomic E-state index is 0.398. The van der Waals surface area contributed by atoms with Crippen molar-refractivity contribution in [3.8, 4) is 5.75 Å². The molecule has 0 saturated carbocycles. The first-order valence-electron chi connectivity index (χ1n) is 7.91. The number of amides is 1. The number of hydrogen-bond acceptors (Lipinski definition) is 4. The van der Waals surface area contributed by atoms with Gasteiger partial charge in [0.15, 0.2) is 5.60 Å². The smallest absolute Gasteiger partial charge is 0.335 e. The van der Waals surface area contributed by atoms with Crippen LogP contribution in [0.15, 0.2) is 42.5 Å². The topological polar surface area (TPSA) is 84.9 Å². The van der Waals surface area contributed by atoms with Crippen LogP contribution in [0.2, 0.25) is 5.02 Å². The fraction of sp³-hybridized carbons (Fsp3) is 0.263. The summed E-state index contributed by atoms with van der Waals surface area (Å²) in [6.45, 7) is 2.78. The molecular weight excluding hydrogens is 358 g/mol. The number of carboxylic acid groups (broad SMARTS) is 1. The van der Waals surface area contributed by atoms with E-state index >= 15 is 0 Å². The summed E-state index contributed by atoms with van der Waals surface area (Å²) in [5.41, 5.74) is -2.02. The zero-order chi connectivity index (χ0) is 19.1. The van der Waals surface area contributed by atoms with Crippen LogP contribution in [0.5, 0.6) is 5.75 Å². The summed E-state index contributed by atoms with van der Waals surface area (Å²) in [4.78, 5) is 24.8. The van der Waals surface area contributed by atoms with E-state index in [2.05, 4.69) is 5.32 Å². The molecule has 0 saturated heterocycles. The number of carbonyl (C=O) groups is 2. The fourth-order valence-electron chi connectivity index (χ4n) is 3.03. The van der Waals surface area contributed by atoms with Crippen molar-refractivity contribution < 1.29 is 24.2 Å². The third-order valence-electron chi connectivity index (χ3n) is 4.34. The van der Waals surface area contributed by atoms with E-state index in [0.29, 0.717) is 27.6 Å². The monoisotopic (exact) mass is 375 g/mol. The first-order chi connectivity index (χ1) is 12.2. The van der Waals surface area contributed by atoms with Crippen molar-refractivity contribution in [3.05, 3.63) is 58.6 Å². The van der Waals surface area contributed by atoms with Gasteiger partial charge in [-0.15, -0.1) is 0 Å². The molecule has 0 aromatic heterocycles. The molecule has 0 spiro atoms. The summed E-state index contributed by atoms with van der Waals surface area (Å²) in [6, 6.07) is 11.7. The molecule has 0 fully saturated rings. The maximum Gasteiger partial charge on any atom is 0.335 e. The molecule has 26 heavy (non-hydrogen) atoms. The highest BCUT2D eigenvalue weighted by atomic mass is 35.5. The Labute approximate surface area is 155 Å². The third kappa shape index (κ3) is 2.71. The molecule has 1 amide bonds. The Morgan fingerprint density at radius 1 is 1.19 bits per heavy atom. The van der Waals surface area contributed by atoms with Crippen molar-refractivity contribution >= 4 is 29.2 Å². The van der Waals surface area contributed by atoms with Gasteiger partial charge in [-0.25, -0.2) is 4.79 Å². The maximum atomic E-state index is 13.1. The molecule has 1 unspecified atom stereocenters. The lowest BCUT2D eigenvalue weighted by Gasteiger charge is -2.35.